The first kappa shape index (κ1) is 33.9. The van der Waals surface area contributed by atoms with E-state index in [0.717, 1.165) is 0 Å². The number of ketones is 1. The SMILES string of the molecule is COc1ccc(C(=O)c2ccc(OC)cc2OP(Oc2cccnc2)Oc2cccnc2)c(OP(Oc2cccnc2)Oc2cccnc2)c1. The van der Waals surface area contributed by atoms with Crippen LogP contribution in [0.1, 0.15) is 15.9 Å². The Morgan fingerprint density at radius 1 is 0.460 bits per heavy atom. The van der Waals surface area contributed by atoms with Crippen molar-refractivity contribution in [2.45, 2.75) is 0 Å². The van der Waals surface area contributed by atoms with Crippen molar-refractivity contribution < 1.29 is 41.4 Å². The molecule has 0 N–H and O–H groups in total. The Hall–Kier alpha value is -6.03. The maximum Gasteiger partial charge on any atom is 0.530 e. The monoisotopic (exact) mass is 710 g/mol. The largest absolute Gasteiger partial charge is 0.530 e. The molecule has 0 aliphatic rings. The number of aromatic nitrogens is 4. The lowest BCUT2D eigenvalue weighted by atomic mass is 10.0. The molecule has 0 saturated carbocycles. The minimum absolute atomic E-state index is 0.121. The minimum Gasteiger partial charge on any atom is -0.497 e. The summed E-state index contributed by atoms with van der Waals surface area (Å²) in [6, 6.07) is 23.2. The molecule has 0 aliphatic carbocycles. The van der Waals surface area contributed by atoms with Crippen LogP contribution in [0.3, 0.4) is 0 Å². The van der Waals surface area contributed by atoms with Crippen molar-refractivity contribution in [2.24, 2.45) is 0 Å². The average Bonchev–Trinajstić information content (AvgIpc) is 3.16. The van der Waals surface area contributed by atoms with E-state index in [0.29, 0.717) is 34.5 Å². The van der Waals surface area contributed by atoms with Gasteiger partial charge >= 0.3 is 17.2 Å². The van der Waals surface area contributed by atoms with Crippen molar-refractivity contribution in [3.63, 3.8) is 0 Å². The van der Waals surface area contributed by atoms with E-state index in [1.165, 1.54) is 39.0 Å². The van der Waals surface area contributed by atoms with Gasteiger partial charge in [-0.15, -0.1) is 0 Å². The summed E-state index contributed by atoms with van der Waals surface area (Å²) in [7, 11) is -1.37. The summed E-state index contributed by atoms with van der Waals surface area (Å²) in [5, 5.41) is 0. The van der Waals surface area contributed by atoms with E-state index in [4.69, 9.17) is 36.6 Å². The van der Waals surface area contributed by atoms with E-state index in [1.54, 1.807) is 110 Å². The number of carbonyl (C=O) groups excluding carboxylic acids is 1. The van der Waals surface area contributed by atoms with Crippen LogP contribution in [0.5, 0.6) is 46.0 Å². The molecule has 0 amide bonds. The molecule has 0 aliphatic heterocycles. The highest BCUT2D eigenvalue weighted by atomic mass is 31.2. The molecule has 6 rings (SSSR count). The molecule has 50 heavy (non-hydrogen) atoms. The summed E-state index contributed by atoms with van der Waals surface area (Å²) in [5.74, 6) is 2.19. The Morgan fingerprint density at radius 3 is 1.08 bits per heavy atom. The Bertz CT molecular complexity index is 1760. The zero-order valence-electron chi connectivity index (χ0n) is 26.6. The number of benzene rings is 2. The van der Waals surface area contributed by atoms with E-state index in [9.17, 15) is 4.79 Å². The first-order valence-electron chi connectivity index (χ1n) is 14.8. The molecule has 4 aromatic heterocycles. The molecule has 15 heteroatoms. The van der Waals surface area contributed by atoms with Gasteiger partial charge in [0, 0.05) is 36.9 Å². The van der Waals surface area contributed by atoms with E-state index in [-0.39, 0.29) is 22.6 Å². The number of carbonyl (C=O) groups is 1. The zero-order chi connectivity index (χ0) is 34.5. The van der Waals surface area contributed by atoms with Crippen molar-refractivity contribution in [1.82, 2.24) is 19.9 Å². The van der Waals surface area contributed by atoms with Crippen molar-refractivity contribution in [2.75, 3.05) is 14.2 Å². The fourth-order valence-corrected chi connectivity index (χ4v) is 6.12. The summed E-state index contributed by atoms with van der Waals surface area (Å²) in [6.45, 7) is 0. The van der Waals surface area contributed by atoms with Crippen LogP contribution in [-0.4, -0.2) is 39.9 Å². The lowest BCUT2D eigenvalue weighted by molar-refractivity contribution is 0.103. The quantitative estimate of drug-likeness (QED) is 0.0707. The molecular weight excluding hydrogens is 682 g/mol. The van der Waals surface area contributed by atoms with Crippen molar-refractivity contribution >= 4 is 23.0 Å². The van der Waals surface area contributed by atoms with Crippen LogP contribution < -0.4 is 36.6 Å². The van der Waals surface area contributed by atoms with E-state index in [1.807, 2.05) is 0 Å². The van der Waals surface area contributed by atoms with Crippen LogP contribution in [0.25, 0.3) is 0 Å². The number of ether oxygens (including phenoxy) is 2. The zero-order valence-corrected chi connectivity index (χ0v) is 28.3. The number of hydrogen-bond acceptors (Lipinski definition) is 13. The average molecular weight is 711 g/mol. The summed E-state index contributed by atoms with van der Waals surface area (Å²) < 4.78 is 47.7. The summed E-state index contributed by atoms with van der Waals surface area (Å²) in [6.07, 6.45) is 12.5. The molecule has 0 unspecified atom stereocenters. The molecule has 2 aromatic carbocycles. The standard InChI is InChI=1S/C35H28N4O9P2/c1-41-25-11-13-31(33(19-25)47-49(43-27-7-3-15-36-21-27)44-28-8-4-16-37-22-28)35(40)32-14-12-26(42-2)20-34(32)48-50(45-29-9-5-17-38-23-29)46-30-10-6-18-39-24-30/h3-24H,1-2H3. The summed E-state index contributed by atoms with van der Waals surface area (Å²) >= 11 is 0. The minimum atomic E-state index is -2.19. The Balaban J connectivity index is 1.35. The summed E-state index contributed by atoms with van der Waals surface area (Å²) in [5.41, 5.74) is 0.312. The van der Waals surface area contributed by atoms with Crippen molar-refractivity contribution in [3.05, 3.63) is 146 Å². The van der Waals surface area contributed by atoms with Crippen LogP contribution in [0.2, 0.25) is 0 Å². The normalized spacial score (nSPS) is 10.6. The third-order valence-electron chi connectivity index (χ3n) is 6.47. The van der Waals surface area contributed by atoms with Gasteiger partial charge in [-0.05, 0) is 72.8 Å². The maximum absolute atomic E-state index is 14.5. The fourth-order valence-electron chi connectivity index (χ4n) is 4.15. The van der Waals surface area contributed by atoms with E-state index in [2.05, 4.69) is 19.9 Å². The molecule has 6 aromatic rings. The first-order chi connectivity index (χ1) is 24.6. The van der Waals surface area contributed by atoms with Gasteiger partial charge in [0.05, 0.1) is 50.1 Å². The van der Waals surface area contributed by atoms with Crippen LogP contribution in [0.15, 0.2) is 135 Å². The lowest BCUT2D eigenvalue weighted by Crippen LogP contribution is -2.10. The highest BCUT2D eigenvalue weighted by Gasteiger charge is 2.29. The maximum atomic E-state index is 14.5. The van der Waals surface area contributed by atoms with Gasteiger partial charge < -0.3 is 36.6 Å². The van der Waals surface area contributed by atoms with Crippen molar-refractivity contribution in [1.29, 1.82) is 0 Å². The molecule has 0 bridgehead atoms. The molecule has 252 valence electrons. The third-order valence-corrected chi connectivity index (χ3v) is 8.60. The Labute approximate surface area is 289 Å². The van der Waals surface area contributed by atoms with Gasteiger partial charge in [-0.3, -0.25) is 24.7 Å². The smallest absolute Gasteiger partial charge is 0.497 e. The Morgan fingerprint density at radius 2 is 0.800 bits per heavy atom. The van der Waals surface area contributed by atoms with Crippen molar-refractivity contribution in [3.8, 4) is 46.0 Å². The van der Waals surface area contributed by atoms with Crippen LogP contribution in [0.4, 0.5) is 0 Å². The number of nitrogens with zero attached hydrogens (tertiary/aromatic N) is 4. The second-order valence-corrected chi connectivity index (χ2v) is 11.8. The van der Waals surface area contributed by atoms with Crippen LogP contribution in [0, 0.1) is 0 Å². The van der Waals surface area contributed by atoms with Crippen LogP contribution >= 0.6 is 17.2 Å². The van der Waals surface area contributed by atoms with Crippen LogP contribution in [-0.2, 0) is 0 Å². The number of hydrogen-bond donors (Lipinski definition) is 0. The first-order valence-corrected chi connectivity index (χ1v) is 17.0. The van der Waals surface area contributed by atoms with Gasteiger partial charge in [-0.25, -0.2) is 0 Å². The molecule has 0 radical (unpaired) electrons. The molecule has 13 nitrogen and oxygen atoms in total. The van der Waals surface area contributed by atoms with Gasteiger partial charge in [-0.2, -0.15) is 0 Å². The second-order valence-electron chi connectivity index (χ2n) is 9.80. The predicted molar refractivity (Wildman–Crippen MR) is 184 cm³/mol. The second kappa shape index (κ2) is 16.9. The number of pyridine rings is 4. The lowest BCUT2D eigenvalue weighted by Gasteiger charge is -2.21. The highest BCUT2D eigenvalue weighted by molar-refractivity contribution is 7.43. The van der Waals surface area contributed by atoms with Gasteiger partial charge in [-0.1, -0.05) is 0 Å². The topological polar surface area (TPSA) is 142 Å². The Kier molecular flexibility index (Phi) is 11.4. The molecule has 0 atom stereocenters. The molecule has 0 saturated heterocycles. The van der Waals surface area contributed by atoms with E-state index >= 15 is 0 Å². The number of methoxy groups -OCH3 is 2. The predicted octanol–water partition coefficient (Wildman–Crippen LogP) is 8.04. The van der Waals surface area contributed by atoms with Gasteiger partial charge in [0.1, 0.15) is 46.0 Å². The van der Waals surface area contributed by atoms with Gasteiger partial charge in [0.25, 0.3) is 0 Å². The third kappa shape index (κ3) is 9.10. The van der Waals surface area contributed by atoms with Gasteiger partial charge in [0.15, 0.2) is 0 Å². The molecule has 0 spiro atoms. The fraction of sp³-hybridized carbons (Fsp3) is 0.0571. The van der Waals surface area contributed by atoms with E-state index < -0.39 is 23.0 Å². The molecule has 0 fully saturated rings. The molecule has 4 heterocycles. The highest BCUT2D eigenvalue weighted by Crippen LogP contribution is 2.47. The number of rotatable bonds is 16. The molecular formula is C35H28N4O9P2. The summed E-state index contributed by atoms with van der Waals surface area (Å²) in [4.78, 5) is 30.9. The van der Waals surface area contributed by atoms with Gasteiger partial charge in [0.2, 0.25) is 5.78 Å².